The average molecular weight is 233 g/mol. The quantitative estimate of drug-likeness (QED) is 0.762. The molecule has 2 aromatic rings. The molecular formula is C11H11N3OS. The maximum absolute atomic E-state index is 10.7. The van der Waals surface area contributed by atoms with E-state index in [0.717, 1.165) is 27.5 Å². The Bertz CT molecular complexity index is 522. The van der Waals surface area contributed by atoms with Crippen LogP contribution in [0.5, 0.6) is 0 Å². The molecule has 4 nitrogen and oxygen atoms in total. The maximum atomic E-state index is 10.7. The highest BCUT2D eigenvalue weighted by Crippen LogP contribution is 2.26. The molecule has 0 unspecified atom stereocenters. The van der Waals surface area contributed by atoms with Crippen LogP contribution in [0.2, 0.25) is 0 Å². The summed E-state index contributed by atoms with van der Waals surface area (Å²) in [5.74, 6) is 0. The first-order chi connectivity index (χ1) is 7.70. The molecule has 0 atom stereocenters. The average Bonchev–Trinajstić information content (AvgIpc) is 2.65. The van der Waals surface area contributed by atoms with Crippen molar-refractivity contribution in [3.63, 3.8) is 0 Å². The van der Waals surface area contributed by atoms with Crippen LogP contribution in [0.15, 0.2) is 34.6 Å². The zero-order valence-electron chi connectivity index (χ0n) is 9.04. The molecule has 0 aliphatic heterocycles. The molecule has 0 saturated heterocycles. The Morgan fingerprint density at radius 2 is 2.25 bits per heavy atom. The van der Waals surface area contributed by atoms with Gasteiger partial charge in [0.05, 0.1) is 0 Å². The fraction of sp³-hybridized carbons (Fsp3) is 0.182. The maximum Gasteiger partial charge on any atom is 0.190 e. The van der Waals surface area contributed by atoms with Gasteiger partial charge in [0.2, 0.25) is 0 Å². The van der Waals surface area contributed by atoms with E-state index in [9.17, 15) is 4.79 Å². The number of carbonyl (C=O) groups is 1. The van der Waals surface area contributed by atoms with Gasteiger partial charge in [0.1, 0.15) is 12.6 Å². The first-order valence-corrected chi connectivity index (χ1v) is 5.60. The first-order valence-electron chi connectivity index (χ1n) is 4.78. The molecule has 0 fully saturated rings. The Morgan fingerprint density at radius 1 is 1.44 bits per heavy atom. The molecule has 0 bridgehead atoms. The molecule has 1 aromatic heterocycles. The SMILES string of the molecule is Cc1cc(Sc2ncnn2C)ccc1C=O. The third-order valence-electron chi connectivity index (χ3n) is 2.25. The number of hydrogen-bond donors (Lipinski definition) is 0. The third-order valence-corrected chi connectivity index (χ3v) is 3.29. The van der Waals surface area contributed by atoms with Crippen molar-refractivity contribution >= 4 is 18.0 Å². The molecule has 0 N–H and O–H groups in total. The van der Waals surface area contributed by atoms with E-state index in [4.69, 9.17) is 0 Å². The van der Waals surface area contributed by atoms with Gasteiger partial charge in [-0.05, 0) is 24.6 Å². The van der Waals surface area contributed by atoms with Gasteiger partial charge in [-0.3, -0.25) is 4.79 Å². The van der Waals surface area contributed by atoms with Crippen molar-refractivity contribution in [2.24, 2.45) is 7.05 Å². The summed E-state index contributed by atoms with van der Waals surface area (Å²) < 4.78 is 1.72. The predicted molar refractivity (Wildman–Crippen MR) is 61.7 cm³/mol. The van der Waals surface area contributed by atoms with Gasteiger partial charge in [-0.1, -0.05) is 17.8 Å². The summed E-state index contributed by atoms with van der Waals surface area (Å²) in [6, 6.07) is 5.71. The lowest BCUT2D eigenvalue weighted by Crippen LogP contribution is -1.93. The highest BCUT2D eigenvalue weighted by molar-refractivity contribution is 7.99. The summed E-state index contributed by atoms with van der Waals surface area (Å²) in [4.78, 5) is 15.9. The Morgan fingerprint density at radius 3 is 2.81 bits per heavy atom. The topological polar surface area (TPSA) is 47.8 Å². The fourth-order valence-electron chi connectivity index (χ4n) is 1.33. The minimum atomic E-state index is 0.724. The van der Waals surface area contributed by atoms with Crippen molar-refractivity contribution in [2.45, 2.75) is 17.0 Å². The van der Waals surface area contributed by atoms with Crippen LogP contribution < -0.4 is 0 Å². The monoisotopic (exact) mass is 233 g/mol. The van der Waals surface area contributed by atoms with E-state index >= 15 is 0 Å². The van der Waals surface area contributed by atoms with E-state index in [1.165, 1.54) is 18.1 Å². The second kappa shape index (κ2) is 4.49. The van der Waals surface area contributed by atoms with Gasteiger partial charge in [-0.2, -0.15) is 5.10 Å². The summed E-state index contributed by atoms with van der Waals surface area (Å²) in [6.07, 6.45) is 2.39. The van der Waals surface area contributed by atoms with E-state index < -0.39 is 0 Å². The van der Waals surface area contributed by atoms with Gasteiger partial charge in [0.25, 0.3) is 0 Å². The number of rotatable bonds is 3. The molecule has 1 aromatic carbocycles. The standard InChI is InChI=1S/C11H11N3OS/c1-8-5-10(4-3-9(8)6-15)16-11-12-7-13-14(11)2/h3-7H,1-2H3. The largest absolute Gasteiger partial charge is 0.298 e. The fourth-order valence-corrected chi connectivity index (χ4v) is 2.19. The van der Waals surface area contributed by atoms with Crippen molar-refractivity contribution in [2.75, 3.05) is 0 Å². The van der Waals surface area contributed by atoms with Crippen molar-refractivity contribution in [1.29, 1.82) is 0 Å². The van der Waals surface area contributed by atoms with E-state index in [1.807, 2.05) is 32.2 Å². The second-order valence-electron chi connectivity index (χ2n) is 3.40. The number of aromatic nitrogens is 3. The summed E-state index contributed by atoms with van der Waals surface area (Å²) >= 11 is 1.53. The molecule has 2 rings (SSSR count). The van der Waals surface area contributed by atoms with Crippen LogP contribution in [-0.2, 0) is 7.05 Å². The molecule has 0 aliphatic carbocycles. The smallest absolute Gasteiger partial charge is 0.190 e. The van der Waals surface area contributed by atoms with Crippen molar-refractivity contribution in [3.8, 4) is 0 Å². The van der Waals surface area contributed by atoms with Crippen LogP contribution in [0.3, 0.4) is 0 Å². The molecule has 0 spiro atoms. The van der Waals surface area contributed by atoms with Crippen LogP contribution >= 0.6 is 11.8 Å². The minimum absolute atomic E-state index is 0.724. The van der Waals surface area contributed by atoms with Crippen LogP contribution in [0.1, 0.15) is 15.9 Å². The second-order valence-corrected chi connectivity index (χ2v) is 4.45. The van der Waals surface area contributed by atoms with Crippen LogP contribution in [-0.4, -0.2) is 21.1 Å². The van der Waals surface area contributed by atoms with Crippen molar-refractivity contribution < 1.29 is 4.79 Å². The molecule has 1 heterocycles. The number of benzene rings is 1. The molecule has 0 amide bonds. The van der Waals surface area contributed by atoms with Crippen LogP contribution in [0.25, 0.3) is 0 Å². The van der Waals surface area contributed by atoms with E-state index in [-0.39, 0.29) is 0 Å². The summed E-state index contributed by atoms with van der Waals surface area (Å²) in [6.45, 7) is 1.92. The zero-order chi connectivity index (χ0) is 11.5. The molecule has 5 heteroatoms. The number of aryl methyl sites for hydroxylation is 2. The lowest BCUT2D eigenvalue weighted by atomic mass is 10.1. The minimum Gasteiger partial charge on any atom is -0.298 e. The first kappa shape index (κ1) is 10.9. The lowest BCUT2D eigenvalue weighted by molar-refractivity contribution is 0.112. The molecule has 82 valence electrons. The molecule has 16 heavy (non-hydrogen) atoms. The van der Waals surface area contributed by atoms with Gasteiger partial charge in [-0.15, -0.1) is 0 Å². The van der Waals surface area contributed by atoms with E-state index in [0.29, 0.717) is 0 Å². The Hall–Kier alpha value is -1.62. The van der Waals surface area contributed by atoms with Gasteiger partial charge < -0.3 is 0 Å². The summed E-state index contributed by atoms with van der Waals surface area (Å²) in [5, 5.41) is 4.83. The molecular weight excluding hydrogens is 222 g/mol. The van der Waals surface area contributed by atoms with Gasteiger partial charge in [0, 0.05) is 17.5 Å². The molecule has 0 saturated carbocycles. The van der Waals surface area contributed by atoms with Crippen LogP contribution in [0.4, 0.5) is 0 Å². The zero-order valence-corrected chi connectivity index (χ0v) is 9.86. The normalized spacial score (nSPS) is 10.4. The van der Waals surface area contributed by atoms with E-state index in [1.54, 1.807) is 4.68 Å². The molecule has 0 radical (unpaired) electrons. The number of aldehydes is 1. The predicted octanol–water partition coefficient (Wildman–Crippen LogP) is 2.09. The number of hydrogen-bond acceptors (Lipinski definition) is 4. The number of nitrogens with zero attached hydrogens (tertiary/aromatic N) is 3. The van der Waals surface area contributed by atoms with Crippen molar-refractivity contribution in [1.82, 2.24) is 14.8 Å². The molecule has 0 aliphatic rings. The van der Waals surface area contributed by atoms with Crippen LogP contribution in [0, 0.1) is 6.92 Å². The third kappa shape index (κ3) is 2.14. The van der Waals surface area contributed by atoms with Gasteiger partial charge in [-0.25, -0.2) is 9.67 Å². The Kier molecular flexibility index (Phi) is 3.05. The lowest BCUT2D eigenvalue weighted by Gasteiger charge is -2.03. The highest BCUT2D eigenvalue weighted by atomic mass is 32.2. The highest BCUT2D eigenvalue weighted by Gasteiger charge is 2.05. The van der Waals surface area contributed by atoms with E-state index in [2.05, 4.69) is 10.1 Å². The van der Waals surface area contributed by atoms with Gasteiger partial charge >= 0.3 is 0 Å². The van der Waals surface area contributed by atoms with Gasteiger partial charge in [0.15, 0.2) is 5.16 Å². The summed E-state index contributed by atoms with van der Waals surface area (Å²) in [7, 11) is 1.85. The summed E-state index contributed by atoms with van der Waals surface area (Å²) in [5.41, 5.74) is 1.70. The number of carbonyl (C=O) groups excluding carboxylic acids is 1. The Balaban J connectivity index is 2.26. The Labute approximate surface area is 97.7 Å². The van der Waals surface area contributed by atoms with Crippen molar-refractivity contribution in [3.05, 3.63) is 35.7 Å².